The van der Waals surface area contributed by atoms with Gasteiger partial charge in [0.05, 0.1) is 21.2 Å². The van der Waals surface area contributed by atoms with Crippen molar-refractivity contribution in [1.29, 1.82) is 0 Å². The van der Waals surface area contributed by atoms with E-state index >= 15 is 0 Å². The summed E-state index contributed by atoms with van der Waals surface area (Å²) in [5, 5.41) is 11.8. The zero-order chi connectivity index (χ0) is 24.0. The Morgan fingerprint density at radius 3 is 1.71 bits per heavy atom. The molecule has 164 valence electrons. The molecule has 1 aromatic heterocycles. The molecule has 3 atom stereocenters. The first-order valence-electron chi connectivity index (χ1n) is 8.77. The molecule has 0 fully saturated rings. The maximum Gasteiger partial charge on any atom is 0.408 e. The summed E-state index contributed by atoms with van der Waals surface area (Å²) in [6.07, 6.45) is -10.1. The van der Waals surface area contributed by atoms with E-state index in [-0.39, 0.29) is 12.8 Å². The summed E-state index contributed by atoms with van der Waals surface area (Å²) < 4.78 is 92.0. The van der Waals surface area contributed by atoms with E-state index in [2.05, 4.69) is 15.0 Å². The lowest BCUT2D eigenvalue weighted by Gasteiger charge is -2.45. The third-order valence-electron chi connectivity index (χ3n) is 4.68. The summed E-state index contributed by atoms with van der Waals surface area (Å²) in [5.74, 6) is -3.70. The second-order valence-corrected chi connectivity index (χ2v) is 7.22. The van der Waals surface area contributed by atoms with Crippen molar-refractivity contribution in [2.45, 2.75) is 61.8 Å². The Kier molecular flexibility index (Phi) is 6.66. The lowest BCUT2D eigenvalue weighted by atomic mass is 9.37. The van der Waals surface area contributed by atoms with Crippen LogP contribution in [-0.4, -0.2) is 73.5 Å². The molecule has 2 rings (SSSR count). The number of anilines is 2. The van der Waals surface area contributed by atoms with Gasteiger partial charge in [-0.05, 0) is 20.3 Å². The van der Waals surface area contributed by atoms with Gasteiger partial charge in [-0.25, -0.2) is 4.39 Å². The Labute approximate surface area is 176 Å². The van der Waals surface area contributed by atoms with Crippen LogP contribution in [0.4, 0.5) is 42.6 Å². The molecule has 0 saturated carbocycles. The van der Waals surface area contributed by atoms with Crippen LogP contribution >= 0.6 is 0 Å². The van der Waals surface area contributed by atoms with Gasteiger partial charge in [0.2, 0.25) is 11.9 Å². The van der Waals surface area contributed by atoms with Crippen molar-refractivity contribution in [3.63, 3.8) is 0 Å². The molecule has 0 aromatic carbocycles. The highest BCUT2D eigenvalue weighted by Crippen LogP contribution is 2.49. The quantitative estimate of drug-likeness (QED) is 0.476. The van der Waals surface area contributed by atoms with Gasteiger partial charge >= 0.3 is 12.4 Å². The molecule has 3 N–H and O–H groups in total. The molecule has 1 heterocycles. The Balaban J connectivity index is 2.56. The summed E-state index contributed by atoms with van der Waals surface area (Å²) in [6.45, 7) is 1.43. The van der Waals surface area contributed by atoms with E-state index in [9.17, 15) is 35.8 Å². The molecule has 0 aliphatic heterocycles. The van der Waals surface area contributed by atoms with Crippen LogP contribution in [0.15, 0.2) is 5.83 Å². The van der Waals surface area contributed by atoms with Crippen LogP contribution in [0, 0.1) is 0 Å². The van der Waals surface area contributed by atoms with Crippen LogP contribution in [0.5, 0.6) is 0 Å². The van der Waals surface area contributed by atoms with Crippen molar-refractivity contribution in [3.05, 3.63) is 11.7 Å². The van der Waals surface area contributed by atoms with E-state index in [1.807, 2.05) is 10.6 Å². The van der Waals surface area contributed by atoms with E-state index in [4.69, 9.17) is 23.5 Å². The smallest absolute Gasteiger partial charge is 0.394 e. The predicted molar refractivity (Wildman–Crippen MR) is 100 cm³/mol. The average molecular weight is 447 g/mol. The first kappa shape index (κ1) is 25.3. The number of rotatable bonds is 5. The van der Waals surface area contributed by atoms with Gasteiger partial charge in [0.1, 0.15) is 25.8 Å². The second-order valence-electron chi connectivity index (χ2n) is 7.22. The highest BCUT2D eigenvalue weighted by molar-refractivity contribution is 6.45. The fraction of sp³-hybridized carbons (Fsp3) is 0.667. The highest BCUT2D eigenvalue weighted by Gasteiger charge is 2.46. The van der Waals surface area contributed by atoms with Crippen LogP contribution in [0.2, 0.25) is 5.21 Å². The monoisotopic (exact) mass is 447 g/mol. The van der Waals surface area contributed by atoms with Gasteiger partial charge in [-0.3, -0.25) is 0 Å². The van der Waals surface area contributed by atoms with Crippen molar-refractivity contribution >= 4 is 41.0 Å². The third kappa shape index (κ3) is 5.44. The van der Waals surface area contributed by atoms with Gasteiger partial charge in [0.25, 0.3) is 0 Å². The molecule has 0 unspecified atom stereocenters. The Morgan fingerprint density at radius 1 is 0.903 bits per heavy atom. The van der Waals surface area contributed by atoms with Crippen molar-refractivity contribution in [1.82, 2.24) is 15.0 Å². The lowest BCUT2D eigenvalue weighted by molar-refractivity contribution is -0.139. The van der Waals surface area contributed by atoms with Crippen molar-refractivity contribution in [2.24, 2.45) is 0 Å². The fourth-order valence-electron chi connectivity index (χ4n) is 2.47. The fourth-order valence-corrected chi connectivity index (χ4v) is 2.47. The standard InChI is InChI=1S/C15H15B3F7N5O/c1-5(14(20,21)22)26-10-28-9(29-11(30-10)27-6(2)15(23,24)25)7-3-4-12(16,17)13(18,31)8(7)19/h5-6,31H,3-4H2,1-2H3,(H2,26,27,28,29,30)/t5-,6-,13-/m1/s1. The van der Waals surface area contributed by atoms with Crippen LogP contribution in [0.1, 0.15) is 32.5 Å². The van der Waals surface area contributed by atoms with Gasteiger partial charge in [-0.1, -0.05) is 11.6 Å². The largest absolute Gasteiger partial charge is 0.408 e. The number of halogens is 7. The number of aromatic nitrogens is 3. The van der Waals surface area contributed by atoms with Crippen LogP contribution in [0.25, 0.3) is 5.57 Å². The third-order valence-corrected chi connectivity index (χ3v) is 4.68. The number of aliphatic hydroxyl groups is 1. The zero-order valence-corrected chi connectivity index (χ0v) is 16.2. The molecule has 0 bridgehead atoms. The average Bonchev–Trinajstić information content (AvgIpc) is 2.58. The molecule has 0 spiro atoms. The van der Waals surface area contributed by atoms with Crippen LogP contribution in [0.3, 0.4) is 0 Å². The first-order valence-corrected chi connectivity index (χ1v) is 8.77. The molecular weight excluding hydrogens is 432 g/mol. The van der Waals surface area contributed by atoms with E-state index < -0.39 is 64.3 Å². The molecule has 1 aliphatic carbocycles. The molecule has 6 nitrogen and oxygen atoms in total. The predicted octanol–water partition coefficient (Wildman–Crippen LogP) is 2.38. The summed E-state index contributed by atoms with van der Waals surface area (Å²) in [5.41, 5.74) is -3.38. The van der Waals surface area contributed by atoms with Gasteiger partial charge in [-0.2, -0.15) is 41.3 Å². The number of hydrogen-bond donors (Lipinski definition) is 3. The van der Waals surface area contributed by atoms with Crippen LogP contribution in [-0.2, 0) is 0 Å². The van der Waals surface area contributed by atoms with Crippen molar-refractivity contribution < 1.29 is 35.8 Å². The van der Waals surface area contributed by atoms with E-state index in [1.165, 1.54) is 0 Å². The number of nitrogens with zero attached hydrogens (tertiary/aromatic N) is 3. The minimum atomic E-state index is -4.74. The first-order chi connectivity index (χ1) is 13.9. The maximum atomic E-state index is 14.8. The summed E-state index contributed by atoms with van der Waals surface area (Å²) in [4.78, 5) is 10.8. The van der Waals surface area contributed by atoms with E-state index in [0.29, 0.717) is 13.8 Å². The molecule has 16 heteroatoms. The molecule has 1 aliphatic rings. The summed E-state index contributed by atoms with van der Waals surface area (Å²) in [6, 6.07) is -4.40. The zero-order valence-electron chi connectivity index (χ0n) is 16.2. The SMILES string of the molecule is [B]C1([B])CCC(c2nc(N[C@H](C)C(F)(F)F)nc(N[C@H](C)C(F)(F)F)n2)=C(F)[C@@]1([B])O. The Bertz CT molecular complexity index is 820. The van der Waals surface area contributed by atoms with Gasteiger partial charge in [0.15, 0.2) is 5.82 Å². The van der Waals surface area contributed by atoms with Crippen LogP contribution < -0.4 is 10.6 Å². The lowest BCUT2D eigenvalue weighted by Crippen LogP contribution is -2.48. The molecule has 0 saturated heterocycles. The van der Waals surface area contributed by atoms with E-state index in [0.717, 1.165) is 0 Å². The summed E-state index contributed by atoms with van der Waals surface area (Å²) in [7, 11) is 16.6. The molecule has 6 radical (unpaired) electrons. The molecule has 0 amide bonds. The number of allylic oxidation sites excluding steroid dienone is 1. The van der Waals surface area contributed by atoms with Crippen molar-refractivity contribution in [3.8, 4) is 0 Å². The minimum Gasteiger partial charge on any atom is -0.394 e. The molecular formula is C15H15B3F7N5O. The highest BCUT2D eigenvalue weighted by atomic mass is 19.4. The summed E-state index contributed by atoms with van der Waals surface area (Å²) >= 11 is 0. The molecule has 1 aromatic rings. The maximum absolute atomic E-state index is 14.8. The van der Waals surface area contributed by atoms with Crippen molar-refractivity contribution in [2.75, 3.05) is 10.6 Å². The Morgan fingerprint density at radius 2 is 1.32 bits per heavy atom. The minimum absolute atomic E-state index is 0.294. The number of alkyl halides is 6. The van der Waals surface area contributed by atoms with Gasteiger partial charge in [0, 0.05) is 5.57 Å². The van der Waals surface area contributed by atoms with Gasteiger partial charge in [-0.15, -0.1) is 0 Å². The second kappa shape index (κ2) is 8.17. The number of hydrogen-bond acceptors (Lipinski definition) is 6. The topological polar surface area (TPSA) is 83.0 Å². The normalized spacial score (nSPS) is 23.9. The number of nitrogens with one attached hydrogen (secondary N) is 2. The molecule has 31 heavy (non-hydrogen) atoms. The van der Waals surface area contributed by atoms with E-state index in [1.54, 1.807) is 0 Å². The Hall–Kier alpha value is -1.99. The van der Waals surface area contributed by atoms with Gasteiger partial charge < -0.3 is 15.7 Å².